The van der Waals surface area contributed by atoms with Gasteiger partial charge in [0, 0.05) is 16.6 Å². The second kappa shape index (κ2) is 6.45. The molecule has 0 aliphatic rings. The molecule has 23 heavy (non-hydrogen) atoms. The van der Waals surface area contributed by atoms with E-state index < -0.39 is 0 Å². The van der Waals surface area contributed by atoms with Crippen LogP contribution in [0.4, 0.5) is 5.82 Å². The monoisotopic (exact) mass is 337 g/mol. The highest BCUT2D eigenvalue weighted by molar-refractivity contribution is 8.00. The number of hydrogen-bond acceptors (Lipinski definition) is 5. The Morgan fingerprint density at radius 1 is 1.17 bits per heavy atom. The lowest BCUT2D eigenvalue weighted by Gasteiger charge is -2.06. The van der Waals surface area contributed by atoms with Crippen molar-refractivity contribution in [2.45, 2.75) is 11.1 Å². The molecule has 3 aromatic rings. The van der Waals surface area contributed by atoms with Crippen LogP contribution in [0.3, 0.4) is 0 Å². The number of benzene rings is 1. The maximum Gasteiger partial charge on any atom is 0.123 e. The van der Waals surface area contributed by atoms with E-state index in [1.807, 2.05) is 18.4 Å². The Kier molecular flexibility index (Phi) is 4.37. The molecular formula is C18H15N3S2. The van der Waals surface area contributed by atoms with E-state index in [-0.39, 0.29) is 0 Å². The van der Waals surface area contributed by atoms with Gasteiger partial charge in [0.15, 0.2) is 0 Å². The minimum Gasteiger partial charge on any atom is -0.384 e. The molecule has 5 heteroatoms. The molecule has 0 saturated carbocycles. The number of hydrogen-bond donors (Lipinski definition) is 1. The van der Waals surface area contributed by atoms with Crippen molar-refractivity contribution in [2.75, 3.05) is 12.0 Å². The molecule has 3 rings (SSSR count). The largest absolute Gasteiger partial charge is 0.384 e. The lowest BCUT2D eigenvalue weighted by atomic mass is 9.98. The normalized spacial score (nSPS) is 10.5. The molecule has 0 bridgehead atoms. The highest BCUT2D eigenvalue weighted by Crippen LogP contribution is 2.46. The van der Waals surface area contributed by atoms with Crippen LogP contribution in [0.15, 0.2) is 46.8 Å². The third kappa shape index (κ3) is 2.96. The molecule has 2 aromatic heterocycles. The van der Waals surface area contributed by atoms with E-state index in [4.69, 9.17) is 5.73 Å². The third-order valence-corrected chi connectivity index (χ3v) is 5.92. The summed E-state index contributed by atoms with van der Waals surface area (Å²) in [5.74, 6) is 0.481. The second-order valence-corrected chi connectivity index (χ2v) is 7.22. The van der Waals surface area contributed by atoms with Crippen LogP contribution in [0.2, 0.25) is 0 Å². The summed E-state index contributed by atoms with van der Waals surface area (Å²) in [6, 6.07) is 14.4. The molecule has 0 radical (unpaired) electrons. The smallest absolute Gasteiger partial charge is 0.123 e. The number of pyridine rings is 1. The Bertz CT molecular complexity index is 890. The predicted molar refractivity (Wildman–Crippen MR) is 98.6 cm³/mol. The third-order valence-electron chi connectivity index (χ3n) is 3.56. The van der Waals surface area contributed by atoms with Crippen LogP contribution >= 0.6 is 23.1 Å². The maximum atomic E-state index is 9.67. The number of thiophene rings is 1. The van der Waals surface area contributed by atoms with Crippen molar-refractivity contribution in [1.82, 2.24) is 4.98 Å². The molecule has 2 heterocycles. The van der Waals surface area contributed by atoms with Gasteiger partial charge in [0.1, 0.15) is 11.9 Å². The molecule has 1 aromatic carbocycles. The highest BCUT2D eigenvalue weighted by atomic mass is 32.2. The number of nitrogens with two attached hydrogens (primary N) is 1. The Labute approximate surface area is 143 Å². The van der Waals surface area contributed by atoms with Crippen molar-refractivity contribution in [3.8, 4) is 27.6 Å². The molecule has 114 valence electrons. The fourth-order valence-corrected chi connectivity index (χ4v) is 4.38. The van der Waals surface area contributed by atoms with E-state index in [0.29, 0.717) is 5.82 Å². The molecule has 0 unspecified atom stereocenters. The second-order valence-electron chi connectivity index (χ2n) is 5.12. The van der Waals surface area contributed by atoms with Gasteiger partial charge in [0.25, 0.3) is 0 Å². The molecule has 0 fully saturated rings. The van der Waals surface area contributed by atoms with E-state index in [1.165, 1.54) is 5.56 Å². The SMILES string of the molecule is CSc1sc(-c2ccnc(N)c2)c(-c2ccc(C)cc2)c1C#N. The van der Waals surface area contributed by atoms with E-state index >= 15 is 0 Å². The number of thioether (sulfide) groups is 1. The first kappa shape index (κ1) is 15.6. The summed E-state index contributed by atoms with van der Waals surface area (Å²) in [6.07, 6.45) is 3.70. The van der Waals surface area contributed by atoms with E-state index in [9.17, 15) is 5.26 Å². The minimum atomic E-state index is 0.481. The zero-order valence-electron chi connectivity index (χ0n) is 12.8. The van der Waals surface area contributed by atoms with Crippen LogP contribution in [0.25, 0.3) is 21.6 Å². The van der Waals surface area contributed by atoms with Gasteiger partial charge in [-0.25, -0.2) is 4.98 Å². The number of nitriles is 1. The number of aromatic nitrogens is 1. The number of anilines is 1. The van der Waals surface area contributed by atoms with Crippen molar-refractivity contribution >= 4 is 28.9 Å². The summed E-state index contributed by atoms with van der Waals surface area (Å²) in [5.41, 5.74) is 10.8. The van der Waals surface area contributed by atoms with Crippen molar-refractivity contribution < 1.29 is 0 Å². The van der Waals surface area contributed by atoms with Gasteiger partial charge in [-0.1, -0.05) is 29.8 Å². The van der Waals surface area contributed by atoms with Gasteiger partial charge in [-0.2, -0.15) is 5.26 Å². The van der Waals surface area contributed by atoms with Crippen LogP contribution in [-0.2, 0) is 0 Å². The molecule has 0 atom stereocenters. The quantitative estimate of drug-likeness (QED) is 0.686. The van der Waals surface area contributed by atoms with Crippen LogP contribution < -0.4 is 5.73 Å². The maximum absolute atomic E-state index is 9.67. The van der Waals surface area contributed by atoms with Gasteiger partial charge in [-0.05, 0) is 36.4 Å². The summed E-state index contributed by atoms with van der Waals surface area (Å²) < 4.78 is 1.02. The van der Waals surface area contributed by atoms with Gasteiger partial charge in [0.05, 0.1) is 9.77 Å². The summed E-state index contributed by atoms with van der Waals surface area (Å²) in [4.78, 5) is 5.12. The lowest BCUT2D eigenvalue weighted by Crippen LogP contribution is -1.90. The van der Waals surface area contributed by atoms with Gasteiger partial charge < -0.3 is 5.73 Å². The molecule has 0 amide bonds. The highest BCUT2D eigenvalue weighted by Gasteiger charge is 2.20. The van der Waals surface area contributed by atoms with Crippen LogP contribution in [-0.4, -0.2) is 11.2 Å². The number of aryl methyl sites for hydroxylation is 1. The predicted octanol–water partition coefficient (Wildman–Crippen LogP) is 4.96. The molecule has 3 nitrogen and oxygen atoms in total. The first-order chi connectivity index (χ1) is 11.1. The standard InChI is InChI=1S/C18H15N3S2/c1-11-3-5-12(6-4-11)16-14(10-19)18(22-2)23-17(16)13-7-8-21-15(20)9-13/h3-9H,1-2H3,(H2,20,21). The summed E-state index contributed by atoms with van der Waals surface area (Å²) in [6.45, 7) is 2.06. The van der Waals surface area contributed by atoms with Gasteiger partial charge in [-0.3, -0.25) is 0 Å². The van der Waals surface area contributed by atoms with Gasteiger partial charge >= 0.3 is 0 Å². The van der Waals surface area contributed by atoms with Crippen molar-refractivity contribution in [3.63, 3.8) is 0 Å². The first-order valence-electron chi connectivity index (χ1n) is 7.04. The molecular weight excluding hydrogens is 322 g/mol. The average Bonchev–Trinajstić information content (AvgIpc) is 2.94. The topological polar surface area (TPSA) is 62.7 Å². The van der Waals surface area contributed by atoms with Crippen molar-refractivity contribution in [3.05, 3.63) is 53.7 Å². The summed E-state index contributed by atoms with van der Waals surface area (Å²) in [7, 11) is 0. The molecule has 0 aliphatic carbocycles. The van der Waals surface area contributed by atoms with Crippen molar-refractivity contribution in [1.29, 1.82) is 5.26 Å². The van der Waals surface area contributed by atoms with Gasteiger partial charge in [-0.15, -0.1) is 23.1 Å². The van der Waals surface area contributed by atoms with Crippen LogP contribution in [0.5, 0.6) is 0 Å². The Hall–Kier alpha value is -2.29. The fraction of sp³-hybridized carbons (Fsp3) is 0.111. The fourth-order valence-electron chi connectivity index (χ4n) is 2.44. The number of nitrogens with zero attached hydrogens (tertiary/aromatic N) is 2. The molecule has 0 saturated heterocycles. The number of rotatable bonds is 3. The number of nitrogen functional groups attached to an aromatic ring is 1. The zero-order valence-corrected chi connectivity index (χ0v) is 14.5. The summed E-state index contributed by atoms with van der Waals surface area (Å²) in [5, 5.41) is 9.67. The molecule has 0 spiro atoms. The van der Waals surface area contributed by atoms with Crippen molar-refractivity contribution in [2.24, 2.45) is 0 Å². The molecule has 0 aliphatic heterocycles. The Balaban J connectivity index is 2.29. The van der Waals surface area contributed by atoms with E-state index in [1.54, 1.807) is 29.3 Å². The Morgan fingerprint density at radius 2 is 1.91 bits per heavy atom. The van der Waals surface area contributed by atoms with E-state index in [0.717, 1.165) is 31.3 Å². The lowest BCUT2D eigenvalue weighted by molar-refractivity contribution is 1.34. The van der Waals surface area contributed by atoms with Crippen LogP contribution in [0, 0.1) is 18.3 Å². The Morgan fingerprint density at radius 3 is 2.52 bits per heavy atom. The molecule has 2 N–H and O–H groups in total. The van der Waals surface area contributed by atoms with Crippen LogP contribution in [0.1, 0.15) is 11.1 Å². The summed E-state index contributed by atoms with van der Waals surface area (Å²) >= 11 is 3.23. The zero-order chi connectivity index (χ0) is 16.4. The first-order valence-corrected chi connectivity index (χ1v) is 9.08. The van der Waals surface area contributed by atoms with E-state index in [2.05, 4.69) is 42.2 Å². The minimum absolute atomic E-state index is 0.481. The average molecular weight is 337 g/mol. The van der Waals surface area contributed by atoms with Gasteiger partial charge in [0.2, 0.25) is 0 Å².